The van der Waals surface area contributed by atoms with Gasteiger partial charge in [0.05, 0.1) is 13.2 Å². The van der Waals surface area contributed by atoms with Crippen molar-refractivity contribution < 1.29 is 22.7 Å². The van der Waals surface area contributed by atoms with Crippen LogP contribution in [-0.2, 0) is 10.0 Å². The first-order valence-electron chi connectivity index (χ1n) is 9.64. The number of rotatable bonds is 9. The van der Waals surface area contributed by atoms with Crippen LogP contribution in [0.2, 0.25) is 0 Å². The lowest BCUT2D eigenvalue weighted by Crippen LogP contribution is -2.43. The Morgan fingerprint density at radius 3 is 1.87 bits per heavy atom. The number of methoxy groups -OCH3 is 1. The zero-order chi connectivity index (χ0) is 22.1. The Bertz CT molecular complexity index is 1030. The van der Waals surface area contributed by atoms with Crippen LogP contribution in [0.1, 0.15) is 17.2 Å². The van der Waals surface area contributed by atoms with Gasteiger partial charge in [-0.15, -0.1) is 0 Å². The second kappa shape index (κ2) is 10.5. The van der Waals surface area contributed by atoms with Gasteiger partial charge in [-0.05, 0) is 35.4 Å². The molecular formula is C23H24N2O5S. The third kappa shape index (κ3) is 6.75. The van der Waals surface area contributed by atoms with E-state index in [2.05, 4.69) is 10.0 Å². The Morgan fingerprint density at radius 2 is 1.35 bits per heavy atom. The lowest BCUT2D eigenvalue weighted by molar-refractivity contribution is 0.243. The fourth-order valence-electron chi connectivity index (χ4n) is 2.94. The van der Waals surface area contributed by atoms with Gasteiger partial charge in [-0.2, -0.15) is 0 Å². The smallest absolute Gasteiger partial charge is 0.329 e. The quantitative estimate of drug-likeness (QED) is 0.531. The zero-order valence-corrected chi connectivity index (χ0v) is 17.8. The Balaban J connectivity index is 1.59. The summed E-state index contributed by atoms with van der Waals surface area (Å²) in [6, 6.07) is 24.1. The van der Waals surface area contributed by atoms with Gasteiger partial charge in [0.25, 0.3) is 0 Å². The molecule has 0 atom stereocenters. The van der Waals surface area contributed by atoms with E-state index in [1.165, 1.54) is 0 Å². The zero-order valence-electron chi connectivity index (χ0n) is 17.0. The molecule has 31 heavy (non-hydrogen) atoms. The number of benzene rings is 3. The predicted octanol–water partition coefficient (Wildman–Crippen LogP) is 3.49. The van der Waals surface area contributed by atoms with E-state index in [4.69, 9.17) is 9.47 Å². The van der Waals surface area contributed by atoms with E-state index < -0.39 is 22.1 Å². The average Bonchev–Trinajstić information content (AvgIpc) is 2.78. The van der Waals surface area contributed by atoms with Crippen molar-refractivity contribution in [3.63, 3.8) is 0 Å². The fraction of sp³-hybridized carbons (Fsp3) is 0.174. The van der Waals surface area contributed by atoms with Crippen molar-refractivity contribution in [2.45, 2.75) is 6.04 Å². The van der Waals surface area contributed by atoms with Gasteiger partial charge in [-0.3, -0.25) is 0 Å². The van der Waals surface area contributed by atoms with Crippen LogP contribution in [0, 0.1) is 0 Å². The Labute approximate surface area is 182 Å². The summed E-state index contributed by atoms with van der Waals surface area (Å²) in [6.07, 6.45) is 0. The van der Waals surface area contributed by atoms with Crippen molar-refractivity contribution in [3.05, 3.63) is 96.1 Å². The third-order valence-electron chi connectivity index (χ3n) is 4.47. The summed E-state index contributed by atoms with van der Waals surface area (Å²) in [5, 5.41) is 2.74. The summed E-state index contributed by atoms with van der Waals surface area (Å²) in [4.78, 5) is 12.5. The average molecular weight is 441 g/mol. The topological polar surface area (TPSA) is 93.7 Å². The van der Waals surface area contributed by atoms with E-state index in [0.29, 0.717) is 11.5 Å². The van der Waals surface area contributed by atoms with Gasteiger partial charge in [0.2, 0.25) is 10.0 Å². The van der Waals surface area contributed by atoms with Crippen LogP contribution in [0.25, 0.3) is 0 Å². The van der Waals surface area contributed by atoms with E-state index in [0.717, 1.165) is 11.1 Å². The molecular weight excluding hydrogens is 416 g/mol. The molecule has 3 rings (SSSR count). The summed E-state index contributed by atoms with van der Waals surface area (Å²) in [5.41, 5.74) is 1.67. The molecule has 0 fully saturated rings. The number of amides is 2. The third-order valence-corrected chi connectivity index (χ3v) is 5.67. The Hall–Kier alpha value is -3.52. The number of carbonyl (C=O) groups is 1. The number of carbonyl (C=O) groups excluding carboxylic acids is 1. The van der Waals surface area contributed by atoms with Gasteiger partial charge >= 0.3 is 6.03 Å². The molecule has 0 saturated heterocycles. The molecule has 0 unspecified atom stereocenters. The first-order chi connectivity index (χ1) is 15.0. The van der Waals surface area contributed by atoms with Crippen LogP contribution in [0.3, 0.4) is 0 Å². The Kier molecular flexibility index (Phi) is 7.50. The summed E-state index contributed by atoms with van der Waals surface area (Å²) >= 11 is 0. The minimum atomic E-state index is -3.89. The number of nitrogens with one attached hydrogen (secondary N) is 2. The molecule has 8 heteroatoms. The fourth-order valence-corrected chi connectivity index (χ4v) is 3.69. The molecule has 0 aliphatic rings. The number of ether oxygens (including phenoxy) is 2. The maximum Gasteiger partial charge on any atom is 0.329 e. The van der Waals surface area contributed by atoms with Crippen LogP contribution in [0.4, 0.5) is 4.79 Å². The van der Waals surface area contributed by atoms with Crippen LogP contribution in [0.15, 0.2) is 84.9 Å². The van der Waals surface area contributed by atoms with Crippen LogP contribution in [0.5, 0.6) is 11.5 Å². The molecule has 2 N–H and O–H groups in total. The van der Waals surface area contributed by atoms with Gasteiger partial charge in [0, 0.05) is 0 Å². The van der Waals surface area contributed by atoms with Gasteiger partial charge in [0.15, 0.2) is 0 Å². The van der Waals surface area contributed by atoms with E-state index in [1.54, 1.807) is 31.4 Å². The van der Waals surface area contributed by atoms with Gasteiger partial charge in [0.1, 0.15) is 23.9 Å². The summed E-state index contributed by atoms with van der Waals surface area (Å²) in [7, 11) is -2.33. The summed E-state index contributed by atoms with van der Waals surface area (Å²) in [6.45, 7) is -0.101. The lowest BCUT2D eigenvalue weighted by atomic mass is 9.99. The highest BCUT2D eigenvalue weighted by Gasteiger charge is 2.20. The van der Waals surface area contributed by atoms with Gasteiger partial charge in [-0.1, -0.05) is 60.7 Å². The monoisotopic (exact) mass is 440 g/mol. The van der Waals surface area contributed by atoms with E-state index in [9.17, 15) is 13.2 Å². The van der Waals surface area contributed by atoms with Crippen molar-refractivity contribution in [2.24, 2.45) is 0 Å². The number of sulfonamides is 1. The summed E-state index contributed by atoms with van der Waals surface area (Å²) in [5.74, 6) is 0.812. The molecule has 2 amide bonds. The van der Waals surface area contributed by atoms with Crippen LogP contribution >= 0.6 is 0 Å². The highest BCUT2D eigenvalue weighted by Crippen LogP contribution is 2.21. The first-order valence-corrected chi connectivity index (χ1v) is 11.3. The number of hydrogen-bond donors (Lipinski definition) is 2. The molecule has 0 aliphatic heterocycles. The van der Waals surface area contributed by atoms with Gasteiger partial charge in [-0.25, -0.2) is 17.9 Å². The second-order valence-electron chi connectivity index (χ2n) is 6.67. The second-order valence-corrected chi connectivity index (χ2v) is 8.51. The normalized spacial score (nSPS) is 11.0. The molecule has 0 bridgehead atoms. The molecule has 0 heterocycles. The Morgan fingerprint density at radius 1 is 0.839 bits per heavy atom. The lowest BCUT2D eigenvalue weighted by Gasteiger charge is -2.20. The van der Waals surface area contributed by atoms with Crippen molar-refractivity contribution >= 4 is 16.1 Å². The maximum absolute atomic E-state index is 12.5. The van der Waals surface area contributed by atoms with E-state index >= 15 is 0 Å². The molecule has 3 aromatic rings. The van der Waals surface area contributed by atoms with Crippen molar-refractivity contribution in [2.75, 3.05) is 19.5 Å². The molecule has 7 nitrogen and oxygen atoms in total. The van der Waals surface area contributed by atoms with E-state index in [-0.39, 0.29) is 12.4 Å². The van der Waals surface area contributed by atoms with Crippen molar-refractivity contribution in [1.82, 2.24) is 10.0 Å². The minimum absolute atomic E-state index is 0.101. The van der Waals surface area contributed by atoms with Gasteiger partial charge < -0.3 is 14.8 Å². The SMILES string of the molecule is COc1ccc(OCCS(=O)(=O)NC(=O)NC(c2ccccc2)c2ccccc2)cc1. The molecule has 3 aromatic carbocycles. The largest absolute Gasteiger partial charge is 0.497 e. The van der Waals surface area contributed by atoms with Crippen molar-refractivity contribution in [1.29, 1.82) is 0 Å². The molecule has 162 valence electrons. The van der Waals surface area contributed by atoms with Crippen molar-refractivity contribution in [3.8, 4) is 11.5 Å². The first kappa shape index (κ1) is 22.2. The predicted molar refractivity (Wildman–Crippen MR) is 119 cm³/mol. The van der Waals surface area contributed by atoms with Crippen LogP contribution in [-0.4, -0.2) is 33.9 Å². The highest BCUT2D eigenvalue weighted by molar-refractivity contribution is 7.90. The minimum Gasteiger partial charge on any atom is -0.497 e. The summed E-state index contributed by atoms with van der Waals surface area (Å²) < 4.78 is 37.2. The van der Waals surface area contributed by atoms with E-state index in [1.807, 2.05) is 60.7 Å². The molecule has 0 saturated carbocycles. The standard InChI is InChI=1S/C23H24N2O5S/c1-29-20-12-14-21(15-13-20)30-16-17-31(27,28)25-23(26)24-22(18-8-4-2-5-9-18)19-10-6-3-7-11-19/h2-15,22H,16-17H2,1H3,(H2,24,25,26). The molecule has 0 aliphatic carbocycles. The highest BCUT2D eigenvalue weighted by atomic mass is 32.2. The molecule has 0 spiro atoms. The number of hydrogen-bond acceptors (Lipinski definition) is 5. The van der Waals surface area contributed by atoms with Crippen LogP contribution < -0.4 is 19.5 Å². The molecule has 0 aromatic heterocycles. The number of urea groups is 1. The maximum atomic E-state index is 12.5. The molecule has 0 radical (unpaired) electrons.